The molecular weight excluding hydrogens is 338 g/mol. The summed E-state index contributed by atoms with van der Waals surface area (Å²) in [6.45, 7) is 1.95. The van der Waals surface area contributed by atoms with E-state index in [1.54, 1.807) is 35.4 Å². The summed E-state index contributed by atoms with van der Waals surface area (Å²) >= 11 is 1.58. The zero-order valence-electron chi connectivity index (χ0n) is 13.9. The SMILES string of the molecule is CC(c1nc2ccccc2s1)N(C)C(=O)Cc1ccc([N+](=O)[O-])cc1. The van der Waals surface area contributed by atoms with Crippen LogP contribution in [0.4, 0.5) is 5.69 Å². The van der Waals surface area contributed by atoms with E-state index in [2.05, 4.69) is 4.98 Å². The number of aromatic nitrogens is 1. The fourth-order valence-electron chi connectivity index (χ4n) is 2.49. The number of nitrogens with zero attached hydrogens (tertiary/aromatic N) is 3. The summed E-state index contributed by atoms with van der Waals surface area (Å²) in [5.74, 6) is -0.0550. The third-order valence-electron chi connectivity index (χ3n) is 4.14. The van der Waals surface area contributed by atoms with E-state index in [-0.39, 0.29) is 24.1 Å². The lowest BCUT2D eigenvalue weighted by molar-refractivity contribution is -0.384. The van der Waals surface area contributed by atoms with Crippen molar-refractivity contribution in [3.8, 4) is 0 Å². The zero-order chi connectivity index (χ0) is 18.0. The Bertz CT molecular complexity index is 888. The van der Waals surface area contributed by atoms with E-state index < -0.39 is 4.92 Å². The fraction of sp³-hybridized carbons (Fsp3) is 0.222. The Morgan fingerprint density at radius 3 is 2.56 bits per heavy atom. The topological polar surface area (TPSA) is 76.3 Å². The quantitative estimate of drug-likeness (QED) is 0.513. The van der Waals surface area contributed by atoms with Crippen LogP contribution in [0.1, 0.15) is 23.5 Å². The minimum absolute atomic E-state index is 0.0207. The number of hydrogen-bond donors (Lipinski definition) is 0. The minimum Gasteiger partial charge on any atom is -0.336 e. The molecule has 128 valence electrons. The summed E-state index contributed by atoms with van der Waals surface area (Å²) < 4.78 is 1.10. The highest BCUT2D eigenvalue weighted by Crippen LogP contribution is 2.29. The average Bonchev–Trinajstić information content (AvgIpc) is 3.05. The molecule has 0 aliphatic carbocycles. The van der Waals surface area contributed by atoms with E-state index in [0.717, 1.165) is 20.8 Å². The van der Waals surface area contributed by atoms with Crippen molar-refractivity contribution < 1.29 is 9.72 Å². The molecule has 7 heteroatoms. The molecule has 0 N–H and O–H groups in total. The Labute approximate surface area is 148 Å². The number of carbonyl (C=O) groups is 1. The van der Waals surface area contributed by atoms with Gasteiger partial charge in [-0.2, -0.15) is 0 Å². The van der Waals surface area contributed by atoms with Gasteiger partial charge in [0, 0.05) is 19.2 Å². The van der Waals surface area contributed by atoms with Gasteiger partial charge in [-0.25, -0.2) is 4.98 Å². The Balaban J connectivity index is 1.71. The first kappa shape index (κ1) is 17.0. The largest absolute Gasteiger partial charge is 0.336 e. The van der Waals surface area contributed by atoms with Crippen molar-refractivity contribution in [2.75, 3.05) is 7.05 Å². The van der Waals surface area contributed by atoms with Crippen LogP contribution in [0.25, 0.3) is 10.2 Å². The molecule has 0 saturated carbocycles. The van der Waals surface area contributed by atoms with E-state index in [4.69, 9.17) is 0 Å². The lowest BCUT2D eigenvalue weighted by Gasteiger charge is -2.23. The van der Waals surface area contributed by atoms with Crippen molar-refractivity contribution in [2.24, 2.45) is 0 Å². The van der Waals surface area contributed by atoms with Gasteiger partial charge in [0.1, 0.15) is 5.01 Å². The maximum absolute atomic E-state index is 12.5. The van der Waals surface area contributed by atoms with E-state index in [1.807, 2.05) is 31.2 Å². The molecule has 2 aromatic carbocycles. The van der Waals surface area contributed by atoms with Crippen LogP contribution in [0.5, 0.6) is 0 Å². The third-order valence-corrected chi connectivity index (χ3v) is 5.35. The van der Waals surface area contributed by atoms with Gasteiger partial charge in [0.05, 0.1) is 27.6 Å². The Morgan fingerprint density at radius 2 is 1.92 bits per heavy atom. The Hall–Kier alpha value is -2.80. The summed E-state index contributed by atoms with van der Waals surface area (Å²) in [6, 6.07) is 13.8. The second kappa shape index (κ2) is 6.98. The van der Waals surface area contributed by atoms with Gasteiger partial charge in [-0.1, -0.05) is 24.3 Å². The standard InChI is InChI=1S/C18H17N3O3S/c1-12(18-19-15-5-3-4-6-16(15)25-18)20(2)17(22)11-13-7-9-14(10-8-13)21(23)24/h3-10,12H,11H2,1-2H3. The molecule has 0 bridgehead atoms. The molecule has 0 radical (unpaired) electrons. The van der Waals surface area contributed by atoms with Crippen LogP contribution in [0.3, 0.4) is 0 Å². The van der Waals surface area contributed by atoms with Crippen molar-refractivity contribution in [1.29, 1.82) is 0 Å². The number of nitro benzene ring substituents is 1. The van der Waals surface area contributed by atoms with Gasteiger partial charge in [0.15, 0.2) is 0 Å². The van der Waals surface area contributed by atoms with Crippen molar-refractivity contribution in [3.63, 3.8) is 0 Å². The number of para-hydroxylation sites is 1. The van der Waals surface area contributed by atoms with Crippen LogP contribution in [0, 0.1) is 10.1 Å². The zero-order valence-corrected chi connectivity index (χ0v) is 14.7. The lowest BCUT2D eigenvalue weighted by Crippen LogP contribution is -2.30. The molecule has 1 amide bonds. The van der Waals surface area contributed by atoms with Gasteiger partial charge in [-0.05, 0) is 24.6 Å². The Kier molecular flexibility index (Phi) is 4.76. The van der Waals surface area contributed by atoms with Gasteiger partial charge in [0.25, 0.3) is 5.69 Å². The van der Waals surface area contributed by atoms with E-state index in [0.29, 0.717) is 0 Å². The number of likely N-dealkylation sites (N-methyl/N-ethyl adjacent to an activating group) is 1. The van der Waals surface area contributed by atoms with Gasteiger partial charge in [-0.15, -0.1) is 11.3 Å². The number of benzene rings is 2. The van der Waals surface area contributed by atoms with Gasteiger partial charge < -0.3 is 4.90 Å². The third kappa shape index (κ3) is 3.66. The lowest BCUT2D eigenvalue weighted by atomic mass is 10.1. The molecule has 25 heavy (non-hydrogen) atoms. The summed E-state index contributed by atoms with van der Waals surface area (Å²) in [7, 11) is 1.75. The van der Waals surface area contributed by atoms with Crippen molar-refractivity contribution in [3.05, 3.63) is 69.2 Å². The highest BCUT2D eigenvalue weighted by Gasteiger charge is 2.21. The smallest absolute Gasteiger partial charge is 0.269 e. The predicted molar refractivity (Wildman–Crippen MR) is 97.6 cm³/mol. The monoisotopic (exact) mass is 355 g/mol. The van der Waals surface area contributed by atoms with Crippen molar-refractivity contribution in [2.45, 2.75) is 19.4 Å². The van der Waals surface area contributed by atoms with Gasteiger partial charge in [0.2, 0.25) is 5.91 Å². The Morgan fingerprint density at radius 1 is 1.24 bits per heavy atom. The predicted octanol–water partition coefficient (Wildman–Crippen LogP) is 3.97. The number of nitro groups is 1. The summed E-state index contributed by atoms with van der Waals surface area (Å²) in [5, 5.41) is 11.6. The molecule has 3 rings (SSSR count). The summed E-state index contributed by atoms with van der Waals surface area (Å²) in [6.07, 6.45) is 0.198. The first-order chi connectivity index (χ1) is 12.0. The number of thiazole rings is 1. The molecule has 6 nitrogen and oxygen atoms in total. The van der Waals surface area contributed by atoms with Crippen LogP contribution in [0.2, 0.25) is 0 Å². The molecular formula is C18H17N3O3S. The van der Waals surface area contributed by atoms with E-state index >= 15 is 0 Å². The van der Waals surface area contributed by atoms with Crippen molar-refractivity contribution in [1.82, 2.24) is 9.88 Å². The molecule has 0 spiro atoms. The van der Waals surface area contributed by atoms with Crippen molar-refractivity contribution >= 4 is 33.1 Å². The summed E-state index contributed by atoms with van der Waals surface area (Å²) in [4.78, 5) is 29.0. The minimum atomic E-state index is -0.451. The fourth-order valence-corrected chi connectivity index (χ4v) is 3.55. The first-order valence-corrected chi connectivity index (χ1v) is 8.62. The molecule has 1 heterocycles. The number of carbonyl (C=O) groups excluding carboxylic acids is 1. The highest BCUT2D eigenvalue weighted by molar-refractivity contribution is 7.18. The molecule has 0 saturated heterocycles. The van der Waals surface area contributed by atoms with Gasteiger partial charge in [-0.3, -0.25) is 14.9 Å². The maximum Gasteiger partial charge on any atom is 0.269 e. The highest BCUT2D eigenvalue weighted by atomic mass is 32.1. The number of non-ortho nitro benzene ring substituents is 1. The molecule has 0 aliphatic rings. The second-order valence-corrected chi connectivity index (χ2v) is 6.86. The van der Waals surface area contributed by atoms with Crippen LogP contribution in [-0.2, 0) is 11.2 Å². The molecule has 0 aliphatic heterocycles. The average molecular weight is 355 g/mol. The van der Waals surface area contributed by atoms with E-state index in [9.17, 15) is 14.9 Å². The first-order valence-electron chi connectivity index (χ1n) is 7.80. The molecule has 1 unspecified atom stereocenters. The molecule has 1 atom stereocenters. The normalized spacial score (nSPS) is 12.1. The van der Waals surface area contributed by atoms with Crippen LogP contribution >= 0.6 is 11.3 Å². The number of hydrogen-bond acceptors (Lipinski definition) is 5. The molecule has 0 fully saturated rings. The van der Waals surface area contributed by atoms with Gasteiger partial charge >= 0.3 is 0 Å². The summed E-state index contributed by atoms with van der Waals surface area (Å²) in [5.41, 5.74) is 1.71. The second-order valence-electron chi connectivity index (χ2n) is 5.80. The van der Waals surface area contributed by atoms with E-state index in [1.165, 1.54) is 12.1 Å². The number of rotatable bonds is 5. The van der Waals surface area contributed by atoms with Crippen LogP contribution in [0.15, 0.2) is 48.5 Å². The van der Waals surface area contributed by atoms with Crippen LogP contribution in [-0.4, -0.2) is 27.8 Å². The van der Waals surface area contributed by atoms with Crippen LogP contribution < -0.4 is 0 Å². The number of fused-ring (bicyclic) bond motifs is 1. The maximum atomic E-state index is 12.5. The molecule has 3 aromatic rings. The number of amides is 1. The molecule has 1 aromatic heterocycles.